The van der Waals surface area contributed by atoms with Crippen LogP contribution in [0.15, 0.2) is 36.9 Å². The van der Waals surface area contributed by atoms with Gasteiger partial charge in [-0.2, -0.15) is 0 Å². The Bertz CT molecular complexity index is 560. The van der Waals surface area contributed by atoms with Gasteiger partial charge in [0.05, 0.1) is 13.2 Å². The SMILES string of the molecule is C=CCOCC(NC(=O)COc1ccc(C(C)(C)C)cc1)C(=O)O. The van der Waals surface area contributed by atoms with Gasteiger partial charge in [0.2, 0.25) is 0 Å². The lowest BCUT2D eigenvalue weighted by atomic mass is 9.87. The summed E-state index contributed by atoms with van der Waals surface area (Å²) in [7, 11) is 0. The molecule has 0 radical (unpaired) electrons. The second-order valence-corrected chi connectivity index (χ2v) is 6.35. The van der Waals surface area contributed by atoms with Crippen molar-refractivity contribution in [3.63, 3.8) is 0 Å². The van der Waals surface area contributed by atoms with Gasteiger partial charge in [-0.3, -0.25) is 4.79 Å². The van der Waals surface area contributed by atoms with Crippen LogP contribution >= 0.6 is 0 Å². The topological polar surface area (TPSA) is 84.9 Å². The van der Waals surface area contributed by atoms with E-state index < -0.39 is 17.9 Å². The van der Waals surface area contributed by atoms with Crippen LogP contribution in [0.2, 0.25) is 0 Å². The highest BCUT2D eigenvalue weighted by atomic mass is 16.5. The molecule has 1 rings (SSSR count). The summed E-state index contributed by atoms with van der Waals surface area (Å²) in [6.07, 6.45) is 1.51. The van der Waals surface area contributed by atoms with Gasteiger partial charge in [-0.15, -0.1) is 6.58 Å². The van der Waals surface area contributed by atoms with E-state index in [4.69, 9.17) is 14.6 Å². The van der Waals surface area contributed by atoms with Gasteiger partial charge in [0.25, 0.3) is 5.91 Å². The number of carboxylic acid groups (broad SMARTS) is 1. The Kier molecular flexibility index (Phi) is 7.45. The summed E-state index contributed by atoms with van der Waals surface area (Å²) in [5.41, 5.74) is 1.19. The Morgan fingerprint density at radius 3 is 2.42 bits per heavy atom. The van der Waals surface area contributed by atoms with Crippen LogP contribution in [0.5, 0.6) is 5.75 Å². The average Bonchev–Trinajstić information content (AvgIpc) is 2.51. The summed E-state index contributed by atoms with van der Waals surface area (Å²) in [5, 5.41) is 11.4. The highest BCUT2D eigenvalue weighted by molar-refractivity contribution is 5.84. The first-order valence-electron chi connectivity index (χ1n) is 7.68. The third kappa shape index (κ3) is 6.83. The third-order valence-electron chi connectivity index (χ3n) is 3.24. The zero-order valence-electron chi connectivity index (χ0n) is 14.4. The lowest BCUT2D eigenvalue weighted by Gasteiger charge is -2.19. The van der Waals surface area contributed by atoms with E-state index in [9.17, 15) is 9.59 Å². The molecule has 1 aromatic carbocycles. The number of hydrogen-bond acceptors (Lipinski definition) is 4. The smallest absolute Gasteiger partial charge is 0.328 e. The molecule has 0 aliphatic heterocycles. The van der Waals surface area contributed by atoms with Crippen molar-refractivity contribution in [2.45, 2.75) is 32.2 Å². The maximum Gasteiger partial charge on any atom is 0.328 e. The Labute approximate surface area is 142 Å². The third-order valence-corrected chi connectivity index (χ3v) is 3.24. The van der Waals surface area contributed by atoms with Crippen molar-refractivity contribution in [1.29, 1.82) is 0 Å². The Morgan fingerprint density at radius 2 is 1.92 bits per heavy atom. The molecule has 0 aliphatic rings. The molecule has 1 aromatic rings. The van der Waals surface area contributed by atoms with Gasteiger partial charge >= 0.3 is 5.97 Å². The fourth-order valence-electron chi connectivity index (χ4n) is 1.88. The number of benzene rings is 1. The average molecular weight is 335 g/mol. The number of amides is 1. The number of nitrogens with one attached hydrogen (secondary N) is 1. The summed E-state index contributed by atoms with van der Waals surface area (Å²) in [4.78, 5) is 22.9. The number of carbonyl (C=O) groups is 2. The summed E-state index contributed by atoms with van der Waals surface area (Å²) >= 11 is 0. The van der Waals surface area contributed by atoms with Crippen LogP contribution in [-0.4, -0.2) is 42.8 Å². The van der Waals surface area contributed by atoms with Crippen molar-refractivity contribution in [1.82, 2.24) is 5.32 Å². The van der Waals surface area contributed by atoms with Gasteiger partial charge in [0, 0.05) is 0 Å². The minimum atomic E-state index is -1.16. The van der Waals surface area contributed by atoms with E-state index in [0.29, 0.717) is 5.75 Å². The first kappa shape index (κ1) is 19.7. The second kappa shape index (κ2) is 9.08. The first-order valence-corrected chi connectivity index (χ1v) is 7.68. The van der Waals surface area contributed by atoms with Gasteiger partial charge in [-0.25, -0.2) is 4.79 Å². The molecule has 0 saturated heterocycles. The van der Waals surface area contributed by atoms with Crippen LogP contribution in [0.1, 0.15) is 26.3 Å². The molecule has 0 fully saturated rings. The zero-order valence-corrected chi connectivity index (χ0v) is 14.4. The minimum Gasteiger partial charge on any atom is -0.484 e. The van der Waals surface area contributed by atoms with Gasteiger partial charge in [-0.1, -0.05) is 39.0 Å². The van der Waals surface area contributed by atoms with E-state index in [0.717, 1.165) is 5.56 Å². The molecule has 0 aromatic heterocycles. The molecular formula is C18H25NO5. The molecule has 132 valence electrons. The van der Waals surface area contributed by atoms with Crippen molar-refractivity contribution < 1.29 is 24.2 Å². The van der Waals surface area contributed by atoms with Crippen LogP contribution in [0.3, 0.4) is 0 Å². The number of hydrogen-bond donors (Lipinski definition) is 2. The van der Waals surface area contributed by atoms with Crippen molar-refractivity contribution in [3.05, 3.63) is 42.5 Å². The first-order chi connectivity index (χ1) is 11.2. The Balaban J connectivity index is 2.49. The highest BCUT2D eigenvalue weighted by Gasteiger charge is 2.20. The maximum absolute atomic E-state index is 11.8. The molecule has 0 aliphatic carbocycles. The van der Waals surface area contributed by atoms with Crippen LogP contribution in [0.4, 0.5) is 0 Å². The monoisotopic (exact) mass is 335 g/mol. The molecule has 1 atom stereocenters. The van der Waals surface area contributed by atoms with Crippen LogP contribution in [-0.2, 0) is 19.7 Å². The maximum atomic E-state index is 11.8. The molecule has 2 N–H and O–H groups in total. The Morgan fingerprint density at radius 1 is 1.29 bits per heavy atom. The molecule has 24 heavy (non-hydrogen) atoms. The molecule has 1 unspecified atom stereocenters. The van der Waals surface area contributed by atoms with Gasteiger partial charge in [-0.05, 0) is 23.1 Å². The standard InChI is InChI=1S/C18H25NO5/c1-5-10-23-11-15(17(21)22)19-16(20)12-24-14-8-6-13(7-9-14)18(2,3)4/h5-9,15H,1,10-12H2,2-4H3,(H,19,20)(H,21,22). The van der Waals surface area contributed by atoms with Crippen molar-refractivity contribution in [2.75, 3.05) is 19.8 Å². The number of aliphatic carboxylic acids is 1. The molecular weight excluding hydrogens is 310 g/mol. The molecule has 0 bridgehead atoms. The molecule has 6 heteroatoms. The molecule has 0 heterocycles. The van der Waals surface area contributed by atoms with Crippen molar-refractivity contribution in [2.24, 2.45) is 0 Å². The van der Waals surface area contributed by atoms with E-state index in [-0.39, 0.29) is 25.2 Å². The van der Waals surface area contributed by atoms with E-state index in [1.165, 1.54) is 6.08 Å². The van der Waals surface area contributed by atoms with Crippen molar-refractivity contribution in [3.8, 4) is 5.75 Å². The lowest BCUT2D eigenvalue weighted by molar-refractivity contribution is -0.143. The van der Waals surface area contributed by atoms with Crippen molar-refractivity contribution >= 4 is 11.9 Å². The normalized spacial score (nSPS) is 12.3. The predicted molar refractivity (Wildman–Crippen MR) is 91.2 cm³/mol. The fraction of sp³-hybridized carbons (Fsp3) is 0.444. The summed E-state index contributed by atoms with van der Waals surface area (Å²) in [6, 6.07) is 6.34. The minimum absolute atomic E-state index is 0.0377. The fourth-order valence-corrected chi connectivity index (χ4v) is 1.88. The van der Waals surface area contributed by atoms with E-state index in [1.54, 1.807) is 12.1 Å². The number of ether oxygens (including phenoxy) is 2. The van der Waals surface area contributed by atoms with Crippen LogP contribution < -0.4 is 10.1 Å². The van der Waals surface area contributed by atoms with Crippen LogP contribution in [0, 0.1) is 0 Å². The second-order valence-electron chi connectivity index (χ2n) is 6.35. The zero-order chi connectivity index (χ0) is 18.2. The number of rotatable bonds is 9. The quantitative estimate of drug-likeness (QED) is 0.533. The molecule has 1 amide bonds. The molecule has 0 spiro atoms. The van der Waals surface area contributed by atoms with Gasteiger partial charge in [0.15, 0.2) is 12.6 Å². The summed E-state index contributed by atoms with van der Waals surface area (Å²) in [6.45, 7) is 9.61. The van der Waals surface area contributed by atoms with Gasteiger partial charge < -0.3 is 19.9 Å². The lowest BCUT2D eigenvalue weighted by Crippen LogP contribution is -2.45. The van der Waals surface area contributed by atoms with Gasteiger partial charge in [0.1, 0.15) is 5.75 Å². The largest absolute Gasteiger partial charge is 0.484 e. The predicted octanol–water partition coefficient (Wildman–Crippen LogP) is 2.13. The van der Waals surface area contributed by atoms with E-state index >= 15 is 0 Å². The number of carbonyl (C=O) groups excluding carboxylic acids is 1. The highest BCUT2D eigenvalue weighted by Crippen LogP contribution is 2.24. The summed E-state index contributed by atoms with van der Waals surface area (Å²) < 4.78 is 10.4. The number of carboxylic acids is 1. The molecule has 0 saturated carbocycles. The summed E-state index contributed by atoms with van der Waals surface area (Å²) in [5.74, 6) is -1.14. The van der Waals surface area contributed by atoms with E-state index in [2.05, 4.69) is 32.7 Å². The van der Waals surface area contributed by atoms with E-state index in [1.807, 2.05) is 12.1 Å². The van der Waals surface area contributed by atoms with Crippen LogP contribution in [0.25, 0.3) is 0 Å². The Hall–Kier alpha value is -2.34. The molecule has 6 nitrogen and oxygen atoms in total.